The van der Waals surface area contributed by atoms with E-state index in [1.807, 2.05) is 41.6 Å². The van der Waals surface area contributed by atoms with Crippen LogP contribution in [0.2, 0.25) is 0 Å². The van der Waals surface area contributed by atoms with Crippen molar-refractivity contribution in [3.05, 3.63) is 61.4 Å². The van der Waals surface area contributed by atoms with Crippen LogP contribution in [0.15, 0.2) is 40.9 Å². The van der Waals surface area contributed by atoms with E-state index in [2.05, 4.69) is 15.9 Å². The fourth-order valence-corrected chi connectivity index (χ4v) is 3.22. The number of aliphatic hydroxyl groups excluding tert-OH is 1. The third-order valence-electron chi connectivity index (χ3n) is 2.83. The van der Waals surface area contributed by atoms with Crippen molar-refractivity contribution in [2.75, 3.05) is 6.61 Å². The second-order valence-corrected chi connectivity index (χ2v) is 6.20. The second kappa shape index (κ2) is 6.87. The zero-order valence-electron chi connectivity index (χ0n) is 10.7. The van der Waals surface area contributed by atoms with Gasteiger partial charge in [0.2, 0.25) is 0 Å². The third kappa shape index (κ3) is 3.51. The smallest absolute Gasteiger partial charge is 0.124 e. The van der Waals surface area contributed by atoms with Crippen LogP contribution in [0.1, 0.15) is 24.2 Å². The van der Waals surface area contributed by atoms with Crippen LogP contribution in [0.4, 0.5) is 4.39 Å². The van der Waals surface area contributed by atoms with Gasteiger partial charge >= 0.3 is 0 Å². The molecule has 1 atom stereocenters. The SMILES string of the molecule is CCOc1ccc(C(O)c2ccc(F)cc2I)c(Br)c1. The van der Waals surface area contributed by atoms with Gasteiger partial charge in [0, 0.05) is 8.04 Å². The molecule has 5 heteroatoms. The van der Waals surface area contributed by atoms with E-state index in [0.717, 1.165) is 15.8 Å². The highest BCUT2D eigenvalue weighted by molar-refractivity contribution is 14.1. The van der Waals surface area contributed by atoms with Crippen LogP contribution < -0.4 is 4.74 Å². The minimum atomic E-state index is -0.812. The van der Waals surface area contributed by atoms with E-state index in [9.17, 15) is 9.50 Å². The Bertz CT molecular complexity index is 619. The molecule has 0 spiro atoms. The van der Waals surface area contributed by atoms with Gasteiger partial charge in [-0.1, -0.05) is 28.1 Å². The fourth-order valence-electron chi connectivity index (χ4n) is 1.88. The average molecular weight is 451 g/mol. The van der Waals surface area contributed by atoms with Crippen LogP contribution in [-0.2, 0) is 0 Å². The molecule has 2 rings (SSSR count). The summed E-state index contributed by atoms with van der Waals surface area (Å²) in [7, 11) is 0. The van der Waals surface area contributed by atoms with Crippen molar-refractivity contribution in [3.63, 3.8) is 0 Å². The predicted molar refractivity (Wildman–Crippen MR) is 88.5 cm³/mol. The van der Waals surface area contributed by atoms with E-state index in [0.29, 0.717) is 15.7 Å². The van der Waals surface area contributed by atoms with Gasteiger partial charge in [0.1, 0.15) is 17.7 Å². The molecule has 0 heterocycles. The predicted octanol–water partition coefficient (Wildman–Crippen LogP) is 4.67. The number of ether oxygens (including phenoxy) is 1. The van der Waals surface area contributed by atoms with Gasteiger partial charge in [-0.2, -0.15) is 0 Å². The molecule has 0 aliphatic rings. The van der Waals surface area contributed by atoms with Crippen LogP contribution in [0, 0.1) is 9.39 Å². The van der Waals surface area contributed by atoms with E-state index in [1.165, 1.54) is 12.1 Å². The molecule has 0 saturated heterocycles. The van der Waals surface area contributed by atoms with Crippen LogP contribution >= 0.6 is 38.5 Å². The first-order valence-electron chi connectivity index (χ1n) is 6.08. The summed E-state index contributed by atoms with van der Waals surface area (Å²) < 4.78 is 20.0. The summed E-state index contributed by atoms with van der Waals surface area (Å²) >= 11 is 5.46. The second-order valence-electron chi connectivity index (χ2n) is 4.18. The van der Waals surface area contributed by atoms with Gasteiger partial charge in [-0.05, 0) is 64.9 Å². The Morgan fingerprint density at radius 1 is 1.25 bits per heavy atom. The maximum absolute atomic E-state index is 13.1. The molecule has 2 aromatic rings. The van der Waals surface area contributed by atoms with Crippen molar-refractivity contribution in [2.45, 2.75) is 13.0 Å². The molecule has 0 aliphatic heterocycles. The molecule has 2 aromatic carbocycles. The van der Waals surface area contributed by atoms with Crippen molar-refractivity contribution in [1.82, 2.24) is 0 Å². The van der Waals surface area contributed by atoms with Crippen LogP contribution in [0.3, 0.4) is 0 Å². The van der Waals surface area contributed by atoms with Gasteiger partial charge < -0.3 is 9.84 Å². The zero-order chi connectivity index (χ0) is 14.7. The lowest BCUT2D eigenvalue weighted by Gasteiger charge is -2.16. The van der Waals surface area contributed by atoms with Crippen LogP contribution in [-0.4, -0.2) is 11.7 Å². The van der Waals surface area contributed by atoms with E-state index in [4.69, 9.17) is 4.74 Å². The fraction of sp³-hybridized carbons (Fsp3) is 0.200. The molecule has 1 N–H and O–H groups in total. The van der Waals surface area contributed by atoms with E-state index >= 15 is 0 Å². The van der Waals surface area contributed by atoms with Crippen molar-refractivity contribution < 1.29 is 14.2 Å². The minimum Gasteiger partial charge on any atom is -0.494 e. The van der Waals surface area contributed by atoms with Crippen LogP contribution in [0.25, 0.3) is 0 Å². The summed E-state index contributed by atoms with van der Waals surface area (Å²) in [6, 6.07) is 9.79. The first-order chi connectivity index (χ1) is 9.52. The number of hydrogen-bond donors (Lipinski definition) is 1. The highest BCUT2D eigenvalue weighted by Crippen LogP contribution is 2.33. The molecule has 0 aromatic heterocycles. The number of halogens is 3. The Morgan fingerprint density at radius 3 is 2.55 bits per heavy atom. The Hall–Kier alpha value is -0.660. The molecule has 0 radical (unpaired) electrons. The Balaban J connectivity index is 2.35. The normalized spacial score (nSPS) is 12.2. The van der Waals surface area contributed by atoms with Crippen LogP contribution in [0.5, 0.6) is 5.75 Å². The van der Waals surface area contributed by atoms with E-state index in [-0.39, 0.29) is 5.82 Å². The lowest BCUT2D eigenvalue weighted by Crippen LogP contribution is -2.04. The Labute approximate surface area is 139 Å². The number of rotatable bonds is 4. The summed E-state index contributed by atoms with van der Waals surface area (Å²) in [5, 5.41) is 10.5. The molecule has 20 heavy (non-hydrogen) atoms. The minimum absolute atomic E-state index is 0.309. The summed E-state index contributed by atoms with van der Waals surface area (Å²) in [6.07, 6.45) is -0.812. The number of hydrogen-bond acceptors (Lipinski definition) is 2. The van der Waals surface area contributed by atoms with Gasteiger partial charge in [-0.25, -0.2) is 4.39 Å². The van der Waals surface area contributed by atoms with Gasteiger partial charge in [0.15, 0.2) is 0 Å². The van der Waals surface area contributed by atoms with Gasteiger partial charge in [-0.3, -0.25) is 0 Å². The largest absolute Gasteiger partial charge is 0.494 e. The Morgan fingerprint density at radius 2 is 1.95 bits per heavy atom. The molecule has 0 bridgehead atoms. The lowest BCUT2D eigenvalue weighted by molar-refractivity contribution is 0.218. The topological polar surface area (TPSA) is 29.5 Å². The van der Waals surface area contributed by atoms with Crippen molar-refractivity contribution in [3.8, 4) is 5.75 Å². The molecule has 0 aliphatic carbocycles. The van der Waals surface area contributed by atoms with Gasteiger partial charge in [-0.15, -0.1) is 0 Å². The maximum atomic E-state index is 13.1. The molecule has 0 saturated carbocycles. The monoisotopic (exact) mass is 450 g/mol. The molecule has 2 nitrogen and oxygen atoms in total. The first kappa shape index (κ1) is 15.7. The molecule has 106 valence electrons. The summed E-state index contributed by atoms with van der Waals surface area (Å²) in [6.45, 7) is 2.50. The van der Waals surface area contributed by atoms with Gasteiger partial charge in [0.05, 0.1) is 6.61 Å². The standard InChI is InChI=1S/C15H13BrFIO2/c1-2-20-10-4-6-11(13(16)8-10)15(19)12-5-3-9(17)7-14(12)18/h3-8,15,19H,2H2,1H3. The summed E-state index contributed by atoms with van der Waals surface area (Å²) in [5.74, 6) is 0.431. The van der Waals surface area contributed by atoms with Crippen molar-refractivity contribution in [1.29, 1.82) is 0 Å². The third-order valence-corrected chi connectivity index (χ3v) is 4.46. The molecular weight excluding hydrogens is 438 g/mol. The molecular formula is C15H13BrFIO2. The number of benzene rings is 2. The quantitative estimate of drug-likeness (QED) is 0.685. The zero-order valence-corrected chi connectivity index (χ0v) is 14.5. The molecule has 1 unspecified atom stereocenters. The summed E-state index contributed by atoms with van der Waals surface area (Å²) in [5.41, 5.74) is 1.40. The first-order valence-corrected chi connectivity index (χ1v) is 7.95. The lowest BCUT2D eigenvalue weighted by atomic mass is 10.0. The highest BCUT2D eigenvalue weighted by Gasteiger charge is 2.17. The highest BCUT2D eigenvalue weighted by atomic mass is 127. The number of aliphatic hydroxyl groups is 1. The van der Waals surface area contributed by atoms with Crippen molar-refractivity contribution in [2.24, 2.45) is 0 Å². The average Bonchev–Trinajstić information content (AvgIpc) is 2.38. The van der Waals surface area contributed by atoms with Gasteiger partial charge in [0.25, 0.3) is 0 Å². The van der Waals surface area contributed by atoms with Crippen molar-refractivity contribution >= 4 is 38.5 Å². The summed E-state index contributed by atoms with van der Waals surface area (Å²) in [4.78, 5) is 0. The maximum Gasteiger partial charge on any atom is 0.124 e. The Kier molecular flexibility index (Phi) is 5.40. The van der Waals surface area contributed by atoms with E-state index < -0.39 is 6.10 Å². The molecule has 0 fully saturated rings. The van der Waals surface area contributed by atoms with E-state index in [1.54, 1.807) is 12.1 Å². The molecule has 0 amide bonds.